The summed E-state index contributed by atoms with van der Waals surface area (Å²) < 4.78 is 5.53. The first-order valence-electron chi connectivity index (χ1n) is 5.55. The molecule has 0 bridgehead atoms. The first kappa shape index (κ1) is 13.5. The van der Waals surface area contributed by atoms with Gasteiger partial charge in [-0.15, -0.1) is 11.3 Å². The fraction of sp³-hybridized carbons (Fsp3) is 0.167. The number of hydrogen-bond acceptors (Lipinski definition) is 6. The molecule has 0 unspecified atom stereocenters. The molecular weight excluding hydrogens is 266 g/mol. The Morgan fingerprint density at radius 2 is 2.21 bits per heavy atom. The Bertz CT molecular complexity index is 557. The molecule has 0 atom stereocenters. The Labute approximate surface area is 113 Å². The van der Waals surface area contributed by atoms with Crippen LogP contribution in [0.25, 0.3) is 0 Å². The lowest BCUT2D eigenvalue weighted by Gasteiger charge is -2.09. The largest absolute Gasteiger partial charge is 0.371 e. The van der Waals surface area contributed by atoms with Crippen LogP contribution in [-0.2, 0) is 18.0 Å². The van der Waals surface area contributed by atoms with E-state index in [0.29, 0.717) is 17.9 Å². The number of nitrogens with zero attached hydrogens (tertiary/aromatic N) is 1. The number of nitro groups is 1. The van der Waals surface area contributed by atoms with E-state index in [1.807, 2.05) is 17.5 Å². The summed E-state index contributed by atoms with van der Waals surface area (Å²) in [5, 5.41) is 12.7. The average Bonchev–Trinajstić information content (AvgIpc) is 2.91. The predicted molar refractivity (Wildman–Crippen MR) is 73.7 cm³/mol. The topological polar surface area (TPSA) is 90.4 Å². The summed E-state index contributed by atoms with van der Waals surface area (Å²) in [4.78, 5) is 11.4. The highest BCUT2D eigenvalue weighted by atomic mass is 32.1. The third-order valence-electron chi connectivity index (χ3n) is 2.54. The number of nitro benzene ring substituents is 1. The molecule has 3 N–H and O–H groups in total. The molecule has 0 aliphatic heterocycles. The fourth-order valence-electron chi connectivity index (χ4n) is 1.61. The van der Waals surface area contributed by atoms with Gasteiger partial charge in [0.2, 0.25) is 0 Å². The number of hydrazine groups is 1. The van der Waals surface area contributed by atoms with E-state index in [1.165, 1.54) is 12.1 Å². The van der Waals surface area contributed by atoms with Crippen molar-refractivity contribution in [3.63, 3.8) is 0 Å². The summed E-state index contributed by atoms with van der Waals surface area (Å²) in [6.07, 6.45) is 0. The second kappa shape index (κ2) is 6.28. The highest BCUT2D eigenvalue weighted by Gasteiger charge is 2.10. The molecule has 0 aliphatic carbocycles. The van der Waals surface area contributed by atoms with Crippen LogP contribution in [0.4, 0.5) is 11.4 Å². The standard InChI is InChI=1S/C12H13N3O3S/c13-14-12-4-3-10(15(16)17)6-9(12)7-18-8-11-2-1-5-19-11/h1-6,14H,7-8,13H2. The van der Waals surface area contributed by atoms with Crippen LogP contribution in [0.3, 0.4) is 0 Å². The van der Waals surface area contributed by atoms with Gasteiger partial charge in [0, 0.05) is 22.6 Å². The number of nitrogens with one attached hydrogen (secondary N) is 1. The van der Waals surface area contributed by atoms with Crippen molar-refractivity contribution in [1.29, 1.82) is 0 Å². The lowest BCUT2D eigenvalue weighted by molar-refractivity contribution is -0.384. The monoisotopic (exact) mass is 279 g/mol. The van der Waals surface area contributed by atoms with Crippen LogP contribution in [0.15, 0.2) is 35.7 Å². The van der Waals surface area contributed by atoms with Gasteiger partial charge in [-0.3, -0.25) is 16.0 Å². The summed E-state index contributed by atoms with van der Waals surface area (Å²) >= 11 is 1.60. The summed E-state index contributed by atoms with van der Waals surface area (Å²) in [6.45, 7) is 0.740. The van der Waals surface area contributed by atoms with E-state index in [1.54, 1.807) is 17.4 Å². The molecule has 0 fully saturated rings. The molecule has 100 valence electrons. The third kappa shape index (κ3) is 3.50. The molecule has 0 spiro atoms. The minimum atomic E-state index is -0.441. The summed E-state index contributed by atoms with van der Waals surface area (Å²) in [5.74, 6) is 5.37. The molecule has 7 heteroatoms. The van der Waals surface area contributed by atoms with E-state index < -0.39 is 4.92 Å². The number of anilines is 1. The number of thiophene rings is 1. The Morgan fingerprint density at radius 3 is 2.84 bits per heavy atom. The van der Waals surface area contributed by atoms with E-state index in [0.717, 1.165) is 4.88 Å². The maximum Gasteiger partial charge on any atom is 0.269 e. The molecule has 1 heterocycles. The zero-order valence-corrected chi connectivity index (χ0v) is 10.9. The van der Waals surface area contributed by atoms with Gasteiger partial charge in [-0.1, -0.05) is 6.07 Å². The van der Waals surface area contributed by atoms with E-state index in [-0.39, 0.29) is 12.3 Å². The molecular formula is C12H13N3O3S. The van der Waals surface area contributed by atoms with Crippen LogP contribution < -0.4 is 11.3 Å². The minimum Gasteiger partial charge on any atom is -0.371 e. The van der Waals surface area contributed by atoms with Crippen molar-refractivity contribution < 1.29 is 9.66 Å². The maximum absolute atomic E-state index is 10.7. The number of benzene rings is 1. The summed E-state index contributed by atoms with van der Waals surface area (Å²) in [6, 6.07) is 8.35. The van der Waals surface area contributed by atoms with E-state index >= 15 is 0 Å². The van der Waals surface area contributed by atoms with Crippen LogP contribution in [0.2, 0.25) is 0 Å². The minimum absolute atomic E-state index is 0.0220. The average molecular weight is 279 g/mol. The van der Waals surface area contributed by atoms with Gasteiger partial charge in [-0.25, -0.2) is 0 Å². The smallest absolute Gasteiger partial charge is 0.269 e. The lowest BCUT2D eigenvalue weighted by Crippen LogP contribution is -2.10. The van der Waals surface area contributed by atoms with Crippen LogP contribution in [0.5, 0.6) is 0 Å². The van der Waals surface area contributed by atoms with Gasteiger partial charge >= 0.3 is 0 Å². The third-order valence-corrected chi connectivity index (χ3v) is 3.39. The normalized spacial score (nSPS) is 10.4. The molecule has 0 amide bonds. The van der Waals surface area contributed by atoms with Crippen LogP contribution in [0, 0.1) is 10.1 Å². The molecule has 19 heavy (non-hydrogen) atoms. The summed E-state index contributed by atoms with van der Waals surface area (Å²) in [5.41, 5.74) is 3.81. The Hall–Kier alpha value is -1.96. The second-order valence-corrected chi connectivity index (χ2v) is 4.85. The second-order valence-electron chi connectivity index (χ2n) is 3.82. The summed E-state index contributed by atoms with van der Waals surface area (Å²) in [7, 11) is 0. The van der Waals surface area contributed by atoms with Gasteiger partial charge < -0.3 is 10.2 Å². The number of nitrogen functional groups attached to an aromatic ring is 1. The molecule has 0 radical (unpaired) electrons. The van der Waals surface area contributed by atoms with Gasteiger partial charge in [-0.2, -0.15) is 0 Å². The van der Waals surface area contributed by atoms with Crippen LogP contribution in [0.1, 0.15) is 10.4 Å². The van der Waals surface area contributed by atoms with Gasteiger partial charge in [0.05, 0.1) is 23.8 Å². The molecule has 6 nitrogen and oxygen atoms in total. The number of rotatable bonds is 6. The van der Waals surface area contributed by atoms with Crippen molar-refractivity contribution in [1.82, 2.24) is 0 Å². The lowest BCUT2D eigenvalue weighted by atomic mass is 10.1. The van der Waals surface area contributed by atoms with Gasteiger partial charge in [0.1, 0.15) is 0 Å². The fourth-order valence-corrected chi connectivity index (χ4v) is 2.25. The van der Waals surface area contributed by atoms with E-state index in [4.69, 9.17) is 10.6 Å². The van der Waals surface area contributed by atoms with E-state index in [9.17, 15) is 10.1 Å². The SMILES string of the molecule is NNc1ccc([N+](=O)[O-])cc1COCc1cccs1. The quantitative estimate of drug-likeness (QED) is 0.482. The molecule has 0 saturated carbocycles. The number of hydrogen-bond donors (Lipinski definition) is 2. The first-order valence-corrected chi connectivity index (χ1v) is 6.42. The molecule has 0 aliphatic rings. The van der Waals surface area contributed by atoms with Gasteiger partial charge in [0.15, 0.2) is 0 Å². The zero-order chi connectivity index (χ0) is 13.7. The van der Waals surface area contributed by atoms with Crippen molar-refractivity contribution >= 4 is 22.7 Å². The maximum atomic E-state index is 10.7. The van der Waals surface area contributed by atoms with Crippen LogP contribution in [-0.4, -0.2) is 4.92 Å². The first-order chi connectivity index (χ1) is 9.20. The van der Waals surface area contributed by atoms with Crippen molar-refractivity contribution in [3.05, 3.63) is 56.3 Å². The highest BCUT2D eigenvalue weighted by molar-refractivity contribution is 7.09. The Morgan fingerprint density at radius 1 is 1.37 bits per heavy atom. The molecule has 2 rings (SSSR count). The van der Waals surface area contributed by atoms with Crippen molar-refractivity contribution in [2.75, 3.05) is 5.43 Å². The van der Waals surface area contributed by atoms with Crippen molar-refractivity contribution in [2.24, 2.45) is 5.84 Å². The van der Waals surface area contributed by atoms with Crippen molar-refractivity contribution in [2.45, 2.75) is 13.2 Å². The zero-order valence-electron chi connectivity index (χ0n) is 10.0. The predicted octanol–water partition coefficient (Wildman–Crippen LogP) is 2.66. The van der Waals surface area contributed by atoms with E-state index in [2.05, 4.69) is 5.43 Å². The number of nitrogens with two attached hydrogens (primary N) is 1. The molecule has 1 aromatic heterocycles. The molecule has 0 saturated heterocycles. The highest BCUT2D eigenvalue weighted by Crippen LogP contribution is 2.22. The van der Waals surface area contributed by atoms with Gasteiger partial charge in [0.25, 0.3) is 5.69 Å². The molecule has 2 aromatic rings. The Kier molecular flexibility index (Phi) is 4.45. The number of non-ortho nitro benzene ring substituents is 1. The Balaban J connectivity index is 2.04. The molecule has 1 aromatic carbocycles. The van der Waals surface area contributed by atoms with Crippen molar-refractivity contribution in [3.8, 4) is 0 Å². The van der Waals surface area contributed by atoms with Gasteiger partial charge in [-0.05, 0) is 17.5 Å². The van der Waals surface area contributed by atoms with Crippen LogP contribution >= 0.6 is 11.3 Å². The number of ether oxygens (including phenoxy) is 1.